The average molecular weight is 297 g/mol. The highest BCUT2D eigenvalue weighted by atomic mass is 16.1. The van der Waals surface area contributed by atoms with Gasteiger partial charge in [-0.15, -0.1) is 0 Å². The second-order valence-electron chi connectivity index (χ2n) is 6.10. The molecule has 0 spiro atoms. The third-order valence-electron chi connectivity index (χ3n) is 4.27. The fourth-order valence-corrected chi connectivity index (χ4v) is 3.08. The molecule has 0 bridgehead atoms. The Kier molecular flexibility index (Phi) is 4.27. The van der Waals surface area contributed by atoms with Crippen LogP contribution in [0.4, 0.5) is 0 Å². The summed E-state index contributed by atoms with van der Waals surface area (Å²) in [4.78, 5) is 16.5. The van der Waals surface area contributed by atoms with Gasteiger partial charge in [0.05, 0.1) is 0 Å². The summed E-state index contributed by atoms with van der Waals surface area (Å²) in [6.07, 6.45) is 4.87. The van der Waals surface area contributed by atoms with Gasteiger partial charge in [-0.3, -0.25) is 4.79 Å². The summed E-state index contributed by atoms with van der Waals surface area (Å²) in [5.74, 6) is 1.48. The number of aryl methyl sites for hydroxylation is 2. The number of hydrogen-bond donors (Lipinski definition) is 1. The van der Waals surface area contributed by atoms with Crippen LogP contribution in [0.2, 0.25) is 0 Å². The molecule has 1 N–H and O–H groups in total. The van der Waals surface area contributed by atoms with Crippen molar-refractivity contribution in [3.05, 3.63) is 53.1 Å². The maximum absolute atomic E-state index is 12.0. The summed E-state index contributed by atoms with van der Waals surface area (Å²) in [5.41, 5.74) is 3.23. The molecule has 22 heavy (non-hydrogen) atoms. The average Bonchev–Trinajstić information content (AvgIpc) is 2.95. The van der Waals surface area contributed by atoms with E-state index in [9.17, 15) is 4.79 Å². The molecule has 1 aromatic carbocycles. The van der Waals surface area contributed by atoms with Gasteiger partial charge in [0.25, 0.3) is 5.91 Å². The lowest BCUT2D eigenvalue weighted by molar-refractivity contribution is 0.0949. The Bertz CT molecular complexity index is 675. The summed E-state index contributed by atoms with van der Waals surface area (Å²) in [6.45, 7) is 5.79. The zero-order chi connectivity index (χ0) is 15.5. The smallest absolute Gasteiger partial charge is 0.271 e. The maximum atomic E-state index is 12.0. The number of nitrogens with one attached hydrogen (secondary N) is 1. The first kappa shape index (κ1) is 14.8. The number of nitrogens with zero attached hydrogens (tertiary/aromatic N) is 2. The van der Waals surface area contributed by atoms with E-state index in [4.69, 9.17) is 0 Å². The van der Waals surface area contributed by atoms with Crippen molar-refractivity contribution in [3.8, 4) is 0 Å². The fourth-order valence-electron chi connectivity index (χ4n) is 3.08. The van der Waals surface area contributed by atoms with E-state index in [0.29, 0.717) is 18.2 Å². The summed E-state index contributed by atoms with van der Waals surface area (Å²) in [5, 5.41) is 2.89. The first-order valence-electron chi connectivity index (χ1n) is 8.08. The highest BCUT2D eigenvalue weighted by Crippen LogP contribution is 2.29. The van der Waals surface area contributed by atoms with Crippen LogP contribution in [0.1, 0.15) is 53.1 Å². The lowest BCUT2D eigenvalue weighted by Gasteiger charge is -2.24. The topological polar surface area (TPSA) is 46.9 Å². The predicted molar refractivity (Wildman–Crippen MR) is 87.1 cm³/mol. The van der Waals surface area contributed by atoms with Crippen LogP contribution >= 0.6 is 0 Å². The zero-order valence-electron chi connectivity index (χ0n) is 13.3. The first-order chi connectivity index (χ1) is 10.7. The molecule has 2 aromatic rings. The molecule has 1 aromatic heterocycles. The molecular formula is C18H23N3O. The molecule has 2 heterocycles. The molecule has 1 aliphatic rings. The number of hydrogen-bond acceptors (Lipinski definition) is 2. The van der Waals surface area contributed by atoms with Gasteiger partial charge in [-0.25, -0.2) is 4.98 Å². The normalized spacial score (nSPS) is 17.1. The van der Waals surface area contributed by atoms with Crippen molar-refractivity contribution in [3.63, 3.8) is 0 Å². The summed E-state index contributed by atoms with van der Waals surface area (Å²) in [7, 11) is 0. The van der Waals surface area contributed by atoms with Gasteiger partial charge in [-0.2, -0.15) is 0 Å². The number of carbonyl (C=O) groups is 1. The highest BCUT2D eigenvalue weighted by molar-refractivity contribution is 5.92. The van der Waals surface area contributed by atoms with Gasteiger partial charge < -0.3 is 9.88 Å². The number of benzene rings is 1. The van der Waals surface area contributed by atoms with Gasteiger partial charge >= 0.3 is 0 Å². The van der Waals surface area contributed by atoms with Crippen molar-refractivity contribution in [1.29, 1.82) is 0 Å². The third-order valence-corrected chi connectivity index (χ3v) is 4.27. The Morgan fingerprint density at radius 3 is 3.09 bits per heavy atom. The predicted octanol–water partition coefficient (Wildman–Crippen LogP) is 3.06. The SMILES string of the molecule is CCCNC(=O)c1cn2c(n1)CC[C@H](c1cccc(C)c1)C2. The molecule has 0 fully saturated rings. The molecule has 1 amide bonds. The van der Waals surface area contributed by atoms with E-state index in [1.807, 2.05) is 13.1 Å². The molecule has 1 atom stereocenters. The minimum Gasteiger partial charge on any atom is -0.351 e. The van der Waals surface area contributed by atoms with Gasteiger partial charge in [0.1, 0.15) is 11.5 Å². The van der Waals surface area contributed by atoms with Crippen LogP contribution in [0.3, 0.4) is 0 Å². The number of imidazole rings is 1. The van der Waals surface area contributed by atoms with E-state index < -0.39 is 0 Å². The van der Waals surface area contributed by atoms with Crippen LogP contribution in [0.5, 0.6) is 0 Å². The molecule has 0 saturated heterocycles. The number of carbonyl (C=O) groups excluding carboxylic acids is 1. The van der Waals surface area contributed by atoms with E-state index >= 15 is 0 Å². The van der Waals surface area contributed by atoms with E-state index in [1.165, 1.54) is 11.1 Å². The van der Waals surface area contributed by atoms with E-state index in [0.717, 1.165) is 31.6 Å². The van der Waals surface area contributed by atoms with Gasteiger partial charge in [-0.05, 0) is 25.3 Å². The van der Waals surface area contributed by atoms with Crippen LogP contribution < -0.4 is 5.32 Å². The van der Waals surface area contributed by atoms with Gasteiger partial charge in [0.15, 0.2) is 0 Å². The largest absolute Gasteiger partial charge is 0.351 e. The number of rotatable bonds is 4. The molecule has 1 aliphatic heterocycles. The fraction of sp³-hybridized carbons (Fsp3) is 0.444. The Morgan fingerprint density at radius 1 is 1.45 bits per heavy atom. The quantitative estimate of drug-likeness (QED) is 0.943. The molecule has 0 aliphatic carbocycles. The van der Waals surface area contributed by atoms with Crippen LogP contribution in [-0.4, -0.2) is 22.0 Å². The van der Waals surface area contributed by atoms with Crippen molar-refractivity contribution in [1.82, 2.24) is 14.9 Å². The second-order valence-corrected chi connectivity index (χ2v) is 6.10. The lowest BCUT2D eigenvalue weighted by Crippen LogP contribution is -2.24. The van der Waals surface area contributed by atoms with Crippen LogP contribution in [-0.2, 0) is 13.0 Å². The van der Waals surface area contributed by atoms with Crippen molar-refractivity contribution >= 4 is 5.91 Å². The van der Waals surface area contributed by atoms with Crippen LogP contribution in [0, 0.1) is 6.92 Å². The maximum Gasteiger partial charge on any atom is 0.271 e. The Morgan fingerprint density at radius 2 is 2.32 bits per heavy atom. The third kappa shape index (κ3) is 3.06. The number of amides is 1. The van der Waals surface area contributed by atoms with E-state index in [1.54, 1.807) is 0 Å². The monoisotopic (exact) mass is 297 g/mol. The van der Waals surface area contributed by atoms with E-state index in [2.05, 4.69) is 46.1 Å². The van der Waals surface area contributed by atoms with Crippen molar-refractivity contribution in [2.45, 2.75) is 45.6 Å². The standard InChI is InChI=1S/C18H23N3O/c1-3-9-19-18(22)16-12-21-11-15(7-8-17(21)20-16)14-6-4-5-13(2)10-14/h4-6,10,12,15H,3,7-9,11H2,1-2H3,(H,19,22)/t15-/m0/s1. The molecule has 0 radical (unpaired) electrons. The minimum atomic E-state index is -0.0594. The number of fused-ring (bicyclic) bond motifs is 1. The molecule has 4 heteroatoms. The minimum absolute atomic E-state index is 0.0594. The van der Waals surface area contributed by atoms with Gasteiger partial charge in [-0.1, -0.05) is 36.8 Å². The van der Waals surface area contributed by atoms with E-state index in [-0.39, 0.29) is 5.91 Å². The second kappa shape index (κ2) is 6.34. The van der Waals surface area contributed by atoms with Gasteiger partial charge in [0.2, 0.25) is 0 Å². The molecule has 4 nitrogen and oxygen atoms in total. The van der Waals surface area contributed by atoms with Crippen molar-refractivity contribution in [2.24, 2.45) is 0 Å². The molecule has 0 unspecified atom stereocenters. The number of aromatic nitrogens is 2. The molecule has 0 saturated carbocycles. The Balaban J connectivity index is 1.76. The summed E-state index contributed by atoms with van der Waals surface area (Å²) in [6, 6.07) is 8.72. The zero-order valence-corrected chi connectivity index (χ0v) is 13.3. The van der Waals surface area contributed by atoms with Crippen molar-refractivity contribution in [2.75, 3.05) is 6.54 Å². The first-order valence-corrected chi connectivity index (χ1v) is 8.08. The molecular weight excluding hydrogens is 274 g/mol. The Hall–Kier alpha value is -2.10. The molecule has 3 rings (SSSR count). The molecule has 116 valence electrons. The lowest BCUT2D eigenvalue weighted by atomic mass is 9.91. The summed E-state index contributed by atoms with van der Waals surface area (Å²) >= 11 is 0. The van der Waals surface area contributed by atoms with Crippen molar-refractivity contribution < 1.29 is 4.79 Å². The van der Waals surface area contributed by atoms with Gasteiger partial charge in [0, 0.05) is 31.6 Å². The van der Waals surface area contributed by atoms with Crippen LogP contribution in [0.15, 0.2) is 30.5 Å². The highest BCUT2D eigenvalue weighted by Gasteiger charge is 2.23. The summed E-state index contributed by atoms with van der Waals surface area (Å²) < 4.78 is 2.15. The van der Waals surface area contributed by atoms with Crippen LogP contribution in [0.25, 0.3) is 0 Å². The Labute approximate surface area is 131 Å².